The zero-order valence-electron chi connectivity index (χ0n) is 12.2. The molecule has 1 rings (SSSR count). The molecule has 3 nitrogen and oxygen atoms in total. The van der Waals surface area contributed by atoms with Crippen LogP contribution in [-0.2, 0) is 4.74 Å². The van der Waals surface area contributed by atoms with E-state index >= 15 is 0 Å². The van der Waals surface area contributed by atoms with Crippen LogP contribution in [0.2, 0.25) is 0 Å². The first-order chi connectivity index (χ1) is 9.26. The van der Waals surface area contributed by atoms with Crippen molar-refractivity contribution >= 4 is 6.08 Å². The van der Waals surface area contributed by atoms with E-state index in [0.717, 1.165) is 38.5 Å². The van der Waals surface area contributed by atoms with Gasteiger partial charge in [-0.05, 0) is 31.0 Å². The molecule has 1 aromatic rings. The summed E-state index contributed by atoms with van der Waals surface area (Å²) in [4.78, 5) is 0. The highest BCUT2D eigenvalue weighted by Gasteiger charge is 1.95. The number of ether oxygens (including phenoxy) is 2. The summed E-state index contributed by atoms with van der Waals surface area (Å²) >= 11 is 0. The number of rotatable bonds is 9. The van der Waals surface area contributed by atoms with Gasteiger partial charge < -0.3 is 14.8 Å². The van der Waals surface area contributed by atoms with Gasteiger partial charge in [-0.1, -0.05) is 30.7 Å². The Morgan fingerprint density at radius 2 is 1.95 bits per heavy atom. The van der Waals surface area contributed by atoms with Crippen LogP contribution in [0.3, 0.4) is 0 Å². The van der Waals surface area contributed by atoms with Gasteiger partial charge in [0.2, 0.25) is 0 Å². The lowest BCUT2D eigenvalue weighted by atomic mass is 10.1. The normalized spacial score (nSPS) is 11.6. The zero-order chi connectivity index (χ0) is 13.9. The number of hydrogen-bond donors (Lipinski definition) is 1. The van der Waals surface area contributed by atoms with Crippen molar-refractivity contribution in [1.82, 2.24) is 5.32 Å². The molecule has 0 fully saturated rings. The number of methoxy groups -OCH3 is 1. The first kappa shape index (κ1) is 15.7. The predicted molar refractivity (Wildman–Crippen MR) is 80.6 cm³/mol. The molecule has 0 radical (unpaired) electrons. The maximum Gasteiger partial charge on any atom is 0.119 e. The summed E-state index contributed by atoms with van der Waals surface area (Å²) in [7, 11) is 1.71. The van der Waals surface area contributed by atoms with Crippen LogP contribution in [0.5, 0.6) is 5.75 Å². The SMILES string of the molecule is CCCOc1ccc(C=C(C)CNCCOC)cc1. The van der Waals surface area contributed by atoms with Gasteiger partial charge >= 0.3 is 0 Å². The summed E-state index contributed by atoms with van der Waals surface area (Å²) in [5.74, 6) is 0.940. The van der Waals surface area contributed by atoms with Crippen molar-refractivity contribution in [3.05, 3.63) is 35.4 Å². The summed E-state index contributed by atoms with van der Waals surface area (Å²) in [5.41, 5.74) is 2.51. The molecule has 1 aromatic carbocycles. The monoisotopic (exact) mass is 263 g/mol. The second-order valence-corrected chi connectivity index (χ2v) is 4.58. The molecular formula is C16H25NO2. The molecule has 0 aromatic heterocycles. The third-order valence-corrected chi connectivity index (χ3v) is 2.65. The van der Waals surface area contributed by atoms with Gasteiger partial charge in [0.1, 0.15) is 5.75 Å². The molecule has 0 heterocycles. The van der Waals surface area contributed by atoms with Crippen molar-refractivity contribution in [2.75, 3.05) is 33.4 Å². The number of benzene rings is 1. The van der Waals surface area contributed by atoms with E-state index in [-0.39, 0.29) is 0 Å². The van der Waals surface area contributed by atoms with E-state index in [0.29, 0.717) is 0 Å². The molecule has 1 N–H and O–H groups in total. The fourth-order valence-electron chi connectivity index (χ4n) is 1.68. The van der Waals surface area contributed by atoms with E-state index in [1.807, 2.05) is 12.1 Å². The van der Waals surface area contributed by atoms with E-state index < -0.39 is 0 Å². The maximum absolute atomic E-state index is 5.56. The molecule has 0 bridgehead atoms. The second kappa shape index (κ2) is 9.59. The molecule has 0 amide bonds. The Labute approximate surface area is 116 Å². The highest BCUT2D eigenvalue weighted by Crippen LogP contribution is 2.14. The molecule has 0 aliphatic heterocycles. The summed E-state index contributed by atoms with van der Waals surface area (Å²) in [6, 6.07) is 8.22. The maximum atomic E-state index is 5.56. The van der Waals surface area contributed by atoms with Crippen LogP contribution in [0.4, 0.5) is 0 Å². The Morgan fingerprint density at radius 1 is 1.21 bits per heavy atom. The molecule has 3 heteroatoms. The quantitative estimate of drug-likeness (QED) is 0.694. The Morgan fingerprint density at radius 3 is 2.58 bits per heavy atom. The molecule has 0 aliphatic rings. The predicted octanol–water partition coefficient (Wildman–Crippen LogP) is 3.11. The summed E-state index contributed by atoms with van der Waals surface area (Å²) in [6.07, 6.45) is 3.22. The van der Waals surface area contributed by atoms with Crippen molar-refractivity contribution in [3.63, 3.8) is 0 Å². The first-order valence-corrected chi connectivity index (χ1v) is 6.86. The van der Waals surface area contributed by atoms with Crippen LogP contribution >= 0.6 is 0 Å². The van der Waals surface area contributed by atoms with Gasteiger partial charge in [-0.2, -0.15) is 0 Å². The van der Waals surface area contributed by atoms with Crippen LogP contribution in [0.1, 0.15) is 25.8 Å². The van der Waals surface area contributed by atoms with E-state index in [4.69, 9.17) is 9.47 Å². The van der Waals surface area contributed by atoms with Crippen molar-refractivity contribution in [1.29, 1.82) is 0 Å². The van der Waals surface area contributed by atoms with Gasteiger partial charge in [-0.15, -0.1) is 0 Å². The van der Waals surface area contributed by atoms with Gasteiger partial charge in [0.25, 0.3) is 0 Å². The lowest BCUT2D eigenvalue weighted by molar-refractivity contribution is 0.200. The average Bonchev–Trinajstić information content (AvgIpc) is 2.43. The van der Waals surface area contributed by atoms with Gasteiger partial charge in [-0.25, -0.2) is 0 Å². The third-order valence-electron chi connectivity index (χ3n) is 2.65. The molecule has 0 atom stereocenters. The highest BCUT2D eigenvalue weighted by molar-refractivity contribution is 5.53. The van der Waals surface area contributed by atoms with Crippen LogP contribution in [-0.4, -0.2) is 33.4 Å². The van der Waals surface area contributed by atoms with E-state index in [2.05, 4.69) is 37.4 Å². The first-order valence-electron chi connectivity index (χ1n) is 6.86. The third kappa shape index (κ3) is 6.99. The molecule has 0 unspecified atom stereocenters. The van der Waals surface area contributed by atoms with Crippen LogP contribution < -0.4 is 10.1 Å². The largest absolute Gasteiger partial charge is 0.494 e. The van der Waals surface area contributed by atoms with Crippen LogP contribution in [0.25, 0.3) is 6.08 Å². The minimum Gasteiger partial charge on any atom is -0.494 e. The van der Waals surface area contributed by atoms with Crippen molar-refractivity contribution in [2.45, 2.75) is 20.3 Å². The number of hydrogen-bond acceptors (Lipinski definition) is 3. The van der Waals surface area contributed by atoms with E-state index in [1.54, 1.807) is 7.11 Å². The van der Waals surface area contributed by atoms with Crippen molar-refractivity contribution < 1.29 is 9.47 Å². The van der Waals surface area contributed by atoms with Gasteiger partial charge in [0.15, 0.2) is 0 Å². The van der Waals surface area contributed by atoms with Gasteiger partial charge in [0, 0.05) is 20.2 Å². The lowest BCUT2D eigenvalue weighted by Crippen LogP contribution is -2.20. The fraction of sp³-hybridized carbons (Fsp3) is 0.500. The van der Waals surface area contributed by atoms with E-state index in [9.17, 15) is 0 Å². The molecule has 0 spiro atoms. The van der Waals surface area contributed by atoms with Crippen LogP contribution in [0.15, 0.2) is 29.8 Å². The lowest BCUT2D eigenvalue weighted by Gasteiger charge is -2.06. The topological polar surface area (TPSA) is 30.5 Å². The molecule has 0 saturated heterocycles. The molecule has 0 saturated carbocycles. The fourth-order valence-corrected chi connectivity index (χ4v) is 1.68. The van der Waals surface area contributed by atoms with Crippen molar-refractivity contribution in [2.24, 2.45) is 0 Å². The molecule has 0 aliphatic carbocycles. The summed E-state index contributed by atoms with van der Waals surface area (Å²) < 4.78 is 10.6. The number of nitrogens with one attached hydrogen (secondary N) is 1. The Hall–Kier alpha value is -1.32. The zero-order valence-corrected chi connectivity index (χ0v) is 12.2. The molecular weight excluding hydrogens is 238 g/mol. The Kier molecular flexibility index (Phi) is 7.94. The minimum absolute atomic E-state index is 0.747. The minimum atomic E-state index is 0.747. The molecule has 106 valence electrons. The molecule has 19 heavy (non-hydrogen) atoms. The van der Waals surface area contributed by atoms with Crippen LogP contribution in [0, 0.1) is 0 Å². The summed E-state index contributed by atoms with van der Waals surface area (Å²) in [5, 5.41) is 3.33. The second-order valence-electron chi connectivity index (χ2n) is 4.58. The Balaban J connectivity index is 2.42. The van der Waals surface area contributed by atoms with Gasteiger partial charge in [0.05, 0.1) is 13.2 Å². The average molecular weight is 263 g/mol. The standard InChI is InChI=1S/C16H25NO2/c1-4-10-19-16-7-5-15(6-8-16)12-14(2)13-17-9-11-18-3/h5-8,12,17H,4,9-11,13H2,1-3H3. The van der Waals surface area contributed by atoms with Crippen molar-refractivity contribution in [3.8, 4) is 5.75 Å². The highest BCUT2D eigenvalue weighted by atomic mass is 16.5. The summed E-state index contributed by atoms with van der Waals surface area (Å²) in [6.45, 7) is 7.52. The van der Waals surface area contributed by atoms with Gasteiger partial charge in [-0.3, -0.25) is 0 Å². The smallest absolute Gasteiger partial charge is 0.119 e. The Bertz CT molecular complexity index is 371. The van der Waals surface area contributed by atoms with E-state index in [1.165, 1.54) is 11.1 Å².